The van der Waals surface area contributed by atoms with Crippen LogP contribution in [0.3, 0.4) is 0 Å². The highest BCUT2D eigenvalue weighted by Crippen LogP contribution is 2.18. The Hall–Kier alpha value is -1.92. The first-order valence-corrected chi connectivity index (χ1v) is 27.2. The SMILES string of the molecule is CC/C=C/C/C=C/C/C=C/CCCCCCC(=O)OC(CCCCCCCCCCCCCC)CC(=O)NC(CO)C(O)CCCCCCCCCCCCCCCCCCC. The molecule has 62 heavy (non-hydrogen) atoms. The minimum Gasteiger partial charge on any atom is -0.462 e. The van der Waals surface area contributed by atoms with Crippen molar-refractivity contribution in [2.24, 2.45) is 0 Å². The van der Waals surface area contributed by atoms with E-state index in [9.17, 15) is 19.8 Å². The van der Waals surface area contributed by atoms with E-state index in [0.717, 1.165) is 77.0 Å². The number of hydrogen-bond donors (Lipinski definition) is 3. The Labute approximate surface area is 385 Å². The van der Waals surface area contributed by atoms with Crippen LogP contribution in [0, 0.1) is 0 Å². The number of ether oxygens (including phenoxy) is 1. The number of aliphatic hydroxyl groups is 2. The molecule has 0 aromatic heterocycles. The first-order valence-electron chi connectivity index (χ1n) is 27.2. The highest BCUT2D eigenvalue weighted by molar-refractivity contribution is 5.77. The van der Waals surface area contributed by atoms with Gasteiger partial charge in [-0.15, -0.1) is 0 Å². The Bertz CT molecular complexity index is 1020. The maximum Gasteiger partial charge on any atom is 0.306 e. The van der Waals surface area contributed by atoms with E-state index in [2.05, 4.69) is 62.5 Å². The maximum atomic E-state index is 13.2. The number of carbonyl (C=O) groups excluding carboxylic acids is 2. The van der Waals surface area contributed by atoms with Crippen molar-refractivity contribution in [2.45, 2.75) is 302 Å². The van der Waals surface area contributed by atoms with Gasteiger partial charge in [0, 0.05) is 6.42 Å². The number of hydrogen-bond acceptors (Lipinski definition) is 5. The van der Waals surface area contributed by atoms with Crippen LogP contribution < -0.4 is 5.32 Å². The van der Waals surface area contributed by atoms with Gasteiger partial charge < -0.3 is 20.3 Å². The fourth-order valence-corrected chi connectivity index (χ4v) is 8.39. The second kappa shape index (κ2) is 50.1. The molecule has 0 aliphatic rings. The number of nitrogens with one attached hydrogen (secondary N) is 1. The lowest BCUT2D eigenvalue weighted by Crippen LogP contribution is -2.46. The smallest absolute Gasteiger partial charge is 0.306 e. The summed E-state index contributed by atoms with van der Waals surface area (Å²) >= 11 is 0. The molecule has 0 saturated carbocycles. The highest BCUT2D eigenvalue weighted by atomic mass is 16.5. The van der Waals surface area contributed by atoms with Crippen molar-refractivity contribution in [3.05, 3.63) is 36.5 Å². The minimum absolute atomic E-state index is 0.0725. The minimum atomic E-state index is -0.789. The third-order valence-corrected chi connectivity index (χ3v) is 12.5. The molecule has 3 N–H and O–H groups in total. The van der Waals surface area contributed by atoms with E-state index in [4.69, 9.17) is 4.74 Å². The zero-order valence-corrected chi connectivity index (χ0v) is 41.5. The van der Waals surface area contributed by atoms with E-state index in [-0.39, 0.29) is 24.9 Å². The van der Waals surface area contributed by atoms with Gasteiger partial charge in [-0.25, -0.2) is 0 Å². The van der Waals surface area contributed by atoms with Crippen LogP contribution in [0.5, 0.6) is 0 Å². The zero-order valence-electron chi connectivity index (χ0n) is 41.5. The van der Waals surface area contributed by atoms with Crippen molar-refractivity contribution in [3.63, 3.8) is 0 Å². The summed E-state index contributed by atoms with van der Waals surface area (Å²) in [6.45, 7) is 6.39. The molecule has 3 atom stereocenters. The van der Waals surface area contributed by atoms with Crippen LogP contribution in [-0.2, 0) is 14.3 Å². The van der Waals surface area contributed by atoms with Crippen LogP contribution in [-0.4, -0.2) is 46.9 Å². The van der Waals surface area contributed by atoms with Crippen LogP contribution in [0.25, 0.3) is 0 Å². The van der Waals surface area contributed by atoms with Crippen LogP contribution in [0.1, 0.15) is 284 Å². The van der Waals surface area contributed by atoms with E-state index in [1.807, 2.05) is 0 Å². The highest BCUT2D eigenvalue weighted by Gasteiger charge is 2.24. The Balaban J connectivity index is 4.50. The molecule has 0 rings (SSSR count). The standard InChI is InChI=1S/C56H105NO5/c1-4-7-10-13-16-19-22-25-27-28-29-30-33-36-39-42-45-48-54(59)53(51-58)57-55(60)50-52(47-44-41-38-35-32-24-21-18-15-12-9-6-3)62-56(61)49-46-43-40-37-34-31-26-23-20-17-14-11-8-5-2/h8,11,17,20,26,31,52-54,58-59H,4-7,9-10,12-16,18-19,21-25,27-30,32-51H2,1-3H3,(H,57,60)/b11-8+,20-17+,31-26+. The molecular weight excluding hydrogens is 767 g/mol. The number of rotatable bonds is 49. The summed E-state index contributed by atoms with van der Waals surface area (Å²) in [6, 6.07) is -0.703. The third kappa shape index (κ3) is 44.7. The van der Waals surface area contributed by atoms with Gasteiger partial charge in [0.25, 0.3) is 0 Å². The molecule has 0 heterocycles. The van der Waals surface area contributed by atoms with Gasteiger partial charge in [0.2, 0.25) is 5.91 Å². The van der Waals surface area contributed by atoms with Gasteiger partial charge in [0.1, 0.15) is 6.10 Å². The fraction of sp³-hybridized carbons (Fsp3) is 0.857. The maximum absolute atomic E-state index is 13.2. The van der Waals surface area contributed by atoms with E-state index in [1.54, 1.807) is 0 Å². The lowest BCUT2D eigenvalue weighted by atomic mass is 10.0. The van der Waals surface area contributed by atoms with E-state index < -0.39 is 18.2 Å². The number of esters is 1. The van der Waals surface area contributed by atoms with Gasteiger partial charge in [-0.3, -0.25) is 9.59 Å². The number of allylic oxidation sites excluding steroid dienone is 6. The molecule has 6 heteroatoms. The summed E-state index contributed by atoms with van der Waals surface area (Å²) in [5.41, 5.74) is 0. The second-order valence-corrected chi connectivity index (χ2v) is 18.6. The van der Waals surface area contributed by atoms with Crippen LogP contribution in [0.2, 0.25) is 0 Å². The molecule has 0 radical (unpaired) electrons. The van der Waals surface area contributed by atoms with E-state index in [0.29, 0.717) is 19.3 Å². The first-order chi connectivity index (χ1) is 30.5. The molecule has 6 nitrogen and oxygen atoms in total. The van der Waals surface area contributed by atoms with Crippen LogP contribution in [0.4, 0.5) is 0 Å². The lowest BCUT2D eigenvalue weighted by molar-refractivity contribution is -0.151. The normalized spacial score (nSPS) is 13.4. The Morgan fingerprint density at radius 1 is 0.484 bits per heavy atom. The number of carbonyl (C=O) groups is 2. The molecule has 0 aliphatic heterocycles. The topological polar surface area (TPSA) is 95.9 Å². The quantitative estimate of drug-likeness (QED) is 0.0321. The number of amides is 1. The molecular formula is C56H105NO5. The lowest BCUT2D eigenvalue weighted by Gasteiger charge is -2.24. The summed E-state index contributed by atoms with van der Waals surface area (Å²) < 4.78 is 5.93. The summed E-state index contributed by atoms with van der Waals surface area (Å²) in [4.78, 5) is 26.2. The van der Waals surface area contributed by atoms with Crippen molar-refractivity contribution in [2.75, 3.05) is 6.61 Å². The molecule has 0 aromatic carbocycles. The molecule has 0 fully saturated rings. The molecule has 1 amide bonds. The summed E-state index contributed by atoms with van der Waals surface area (Å²) in [6.07, 6.45) is 59.2. The third-order valence-electron chi connectivity index (χ3n) is 12.5. The average Bonchev–Trinajstić information content (AvgIpc) is 3.26. The predicted octanol–water partition coefficient (Wildman–Crippen LogP) is 16.5. The van der Waals surface area contributed by atoms with Gasteiger partial charge in [-0.1, -0.05) is 250 Å². The molecule has 0 aromatic rings. The summed E-state index contributed by atoms with van der Waals surface area (Å²) in [5, 5.41) is 23.8. The van der Waals surface area contributed by atoms with E-state index in [1.165, 1.54) is 161 Å². The van der Waals surface area contributed by atoms with Gasteiger partial charge in [-0.2, -0.15) is 0 Å². The van der Waals surface area contributed by atoms with Gasteiger partial charge in [0.15, 0.2) is 0 Å². The van der Waals surface area contributed by atoms with Crippen molar-refractivity contribution in [3.8, 4) is 0 Å². The second-order valence-electron chi connectivity index (χ2n) is 18.6. The molecule has 0 saturated heterocycles. The van der Waals surface area contributed by atoms with Crippen LogP contribution >= 0.6 is 0 Å². The molecule has 0 spiro atoms. The Kier molecular flexibility index (Phi) is 48.5. The average molecular weight is 872 g/mol. The molecule has 3 unspecified atom stereocenters. The van der Waals surface area contributed by atoms with Gasteiger partial charge in [-0.05, 0) is 57.8 Å². The monoisotopic (exact) mass is 872 g/mol. The molecule has 0 aliphatic carbocycles. The van der Waals surface area contributed by atoms with E-state index >= 15 is 0 Å². The summed E-state index contributed by atoms with van der Waals surface area (Å²) in [7, 11) is 0. The number of aliphatic hydroxyl groups excluding tert-OH is 2. The van der Waals surface area contributed by atoms with Gasteiger partial charge in [0.05, 0.1) is 25.2 Å². The zero-order chi connectivity index (χ0) is 45.2. The largest absolute Gasteiger partial charge is 0.462 e. The Morgan fingerprint density at radius 2 is 0.871 bits per heavy atom. The summed E-state index contributed by atoms with van der Waals surface area (Å²) in [5.74, 6) is -0.487. The van der Waals surface area contributed by atoms with Crippen LogP contribution in [0.15, 0.2) is 36.5 Å². The predicted molar refractivity (Wildman–Crippen MR) is 269 cm³/mol. The van der Waals surface area contributed by atoms with Crippen molar-refractivity contribution in [1.82, 2.24) is 5.32 Å². The Morgan fingerprint density at radius 3 is 1.32 bits per heavy atom. The van der Waals surface area contributed by atoms with Gasteiger partial charge >= 0.3 is 5.97 Å². The van der Waals surface area contributed by atoms with Crippen molar-refractivity contribution < 1.29 is 24.5 Å². The van der Waals surface area contributed by atoms with Crippen molar-refractivity contribution >= 4 is 11.9 Å². The molecule has 364 valence electrons. The molecule has 0 bridgehead atoms. The first kappa shape index (κ1) is 60.1. The fourth-order valence-electron chi connectivity index (χ4n) is 8.39. The number of unbranched alkanes of at least 4 members (excludes halogenated alkanes) is 31. The van der Waals surface area contributed by atoms with Crippen molar-refractivity contribution in [1.29, 1.82) is 0 Å².